The molecule has 0 bridgehead atoms. The number of benzene rings is 2. The van der Waals surface area contributed by atoms with Crippen LogP contribution in [0.1, 0.15) is 95.0 Å². The number of H-pyrrole nitrogens is 1. The van der Waals surface area contributed by atoms with E-state index in [9.17, 15) is 31.9 Å². The first-order valence-corrected chi connectivity index (χ1v) is 19.3. The molecular weight excluding hydrogens is 686 g/mol. The fraction of sp³-hybridized carbons (Fsp3) is 0.595. The van der Waals surface area contributed by atoms with E-state index in [4.69, 9.17) is 4.74 Å². The number of para-hydroxylation sites is 1. The molecule has 1 aliphatic heterocycles. The second-order valence-electron chi connectivity index (χ2n) is 15.5. The van der Waals surface area contributed by atoms with Gasteiger partial charge in [-0.3, -0.25) is 14.4 Å². The first kappa shape index (κ1) is 40.6. The van der Waals surface area contributed by atoms with Crippen molar-refractivity contribution in [3.8, 4) is 0 Å². The fourth-order valence-corrected chi connectivity index (χ4v) is 8.12. The van der Waals surface area contributed by atoms with Gasteiger partial charge in [-0.2, -0.15) is 13.2 Å². The van der Waals surface area contributed by atoms with E-state index in [1.807, 2.05) is 13.8 Å². The molecule has 11 heteroatoms. The maximum atomic E-state index is 14.9. The van der Waals surface area contributed by atoms with Gasteiger partial charge in [0.1, 0.15) is 17.1 Å². The summed E-state index contributed by atoms with van der Waals surface area (Å²) in [7, 11) is 0. The Kier molecular flexibility index (Phi) is 13.6. The number of halogens is 4. The number of aromatic nitrogens is 1. The predicted molar refractivity (Wildman–Crippen MR) is 198 cm³/mol. The molecule has 1 amide bonds. The van der Waals surface area contributed by atoms with Crippen LogP contribution < -0.4 is 10.6 Å². The van der Waals surface area contributed by atoms with Crippen LogP contribution in [0.25, 0.3) is 10.9 Å². The normalized spacial score (nSPS) is 20.4. The van der Waals surface area contributed by atoms with Gasteiger partial charge in [-0.1, -0.05) is 70.9 Å². The number of nitrogens with one attached hydrogen (secondary N) is 3. The minimum absolute atomic E-state index is 0.0226. The number of hydrogen-bond donors (Lipinski definition) is 3. The van der Waals surface area contributed by atoms with Gasteiger partial charge in [0.05, 0.1) is 11.1 Å². The molecule has 1 aliphatic carbocycles. The van der Waals surface area contributed by atoms with Gasteiger partial charge in [-0.25, -0.2) is 4.39 Å². The van der Waals surface area contributed by atoms with Crippen molar-refractivity contribution in [1.82, 2.24) is 15.6 Å². The first-order valence-electron chi connectivity index (χ1n) is 19.3. The van der Waals surface area contributed by atoms with E-state index in [0.29, 0.717) is 35.5 Å². The number of ketones is 2. The number of ether oxygens (including phenoxy) is 1. The molecule has 2 heterocycles. The number of hydrogen-bond acceptors (Lipinski definition) is 5. The lowest BCUT2D eigenvalue weighted by Gasteiger charge is -2.40. The topological polar surface area (TPSA) is 100 Å². The van der Waals surface area contributed by atoms with Gasteiger partial charge in [0.25, 0.3) is 0 Å². The van der Waals surface area contributed by atoms with Gasteiger partial charge in [0.15, 0.2) is 5.78 Å². The molecule has 1 fully saturated rings. The van der Waals surface area contributed by atoms with Crippen molar-refractivity contribution in [2.24, 2.45) is 29.6 Å². The number of aryl methyl sites for hydroxylation is 1. The third kappa shape index (κ3) is 9.76. The van der Waals surface area contributed by atoms with Crippen LogP contribution in [0.4, 0.5) is 17.6 Å². The summed E-state index contributed by atoms with van der Waals surface area (Å²) in [6.07, 6.45) is -0.759. The zero-order valence-corrected chi connectivity index (χ0v) is 31.5. The average Bonchev–Trinajstić information content (AvgIpc) is 3.51. The van der Waals surface area contributed by atoms with Gasteiger partial charge in [-0.15, -0.1) is 0 Å². The molecule has 0 spiro atoms. The number of alkyl halides is 3. The Morgan fingerprint density at radius 1 is 0.981 bits per heavy atom. The van der Waals surface area contributed by atoms with Crippen molar-refractivity contribution in [2.45, 2.75) is 104 Å². The van der Waals surface area contributed by atoms with E-state index in [1.54, 1.807) is 24.3 Å². The largest absolute Gasteiger partial charge is 0.418 e. The highest BCUT2D eigenvalue weighted by molar-refractivity contribution is 5.97. The Balaban J connectivity index is 1.45. The molecule has 0 radical (unpaired) electrons. The standard InChI is InChI=1S/C42H55F4N3O4/c1-5-26(3)30(25-47-24-28-15-18-53-19-16-28)21-38(51)41(17-14-37-34(23-41)32-11-9-12-35(39(32)48-37)42(44,45)46)49-40(52)33(27(4)6-2)22-31(50)20-29-10-7-8-13-36(29)43/h7-13,26-28,30,33,47-48H,5-6,14-25H2,1-4H3,(H,49,52)/t26?,27?,30-,33+,41-/m1/s1. The average molecular weight is 742 g/mol. The summed E-state index contributed by atoms with van der Waals surface area (Å²) in [4.78, 5) is 45.6. The summed E-state index contributed by atoms with van der Waals surface area (Å²) >= 11 is 0. The Morgan fingerprint density at radius 3 is 2.38 bits per heavy atom. The van der Waals surface area contributed by atoms with Crippen LogP contribution in [0.2, 0.25) is 0 Å². The van der Waals surface area contributed by atoms with E-state index in [-0.39, 0.29) is 78.9 Å². The number of fused-ring (bicyclic) bond motifs is 3. The predicted octanol–water partition coefficient (Wildman–Crippen LogP) is 8.17. The Labute approximate surface area is 310 Å². The molecule has 2 aromatic carbocycles. The molecule has 2 unspecified atom stereocenters. The molecule has 0 saturated carbocycles. The molecule has 3 N–H and O–H groups in total. The quantitative estimate of drug-likeness (QED) is 0.121. The molecule has 53 heavy (non-hydrogen) atoms. The van der Waals surface area contributed by atoms with Crippen LogP contribution in [0, 0.1) is 35.4 Å². The Hall–Kier alpha value is -3.57. The van der Waals surface area contributed by atoms with Crippen LogP contribution in [-0.4, -0.2) is 54.3 Å². The number of amides is 1. The minimum atomic E-state index is -4.58. The van der Waals surface area contributed by atoms with Crippen molar-refractivity contribution in [3.05, 3.63) is 70.7 Å². The SMILES string of the molecule is CCC(C)[C@@H](CNCC1CCOCC1)CC(=O)[C@@]1(NC(=O)[C@@H](CC(=O)Cc2ccccc2F)C(C)CC)CCc2[nH]c3c(C(F)(F)F)cccc3c2C1. The second kappa shape index (κ2) is 17.7. The molecule has 2 aliphatic rings. The maximum Gasteiger partial charge on any atom is 0.418 e. The van der Waals surface area contributed by atoms with Gasteiger partial charge < -0.3 is 20.4 Å². The smallest absolute Gasteiger partial charge is 0.381 e. The third-order valence-electron chi connectivity index (χ3n) is 12.0. The molecular formula is C42H55F4N3O4. The van der Waals surface area contributed by atoms with Gasteiger partial charge in [-0.05, 0) is 85.7 Å². The lowest BCUT2D eigenvalue weighted by atomic mass is 9.72. The summed E-state index contributed by atoms with van der Waals surface area (Å²) in [5.41, 5.74) is -0.705. The third-order valence-corrected chi connectivity index (χ3v) is 12.0. The van der Waals surface area contributed by atoms with E-state index in [0.717, 1.165) is 45.1 Å². The number of rotatable bonds is 17. The van der Waals surface area contributed by atoms with Crippen LogP contribution in [0.15, 0.2) is 42.5 Å². The van der Waals surface area contributed by atoms with E-state index >= 15 is 0 Å². The van der Waals surface area contributed by atoms with Crippen molar-refractivity contribution in [1.29, 1.82) is 0 Å². The lowest BCUT2D eigenvalue weighted by molar-refractivity contribution is -0.137. The van der Waals surface area contributed by atoms with E-state index in [1.165, 1.54) is 12.1 Å². The first-order chi connectivity index (χ1) is 25.3. The van der Waals surface area contributed by atoms with E-state index < -0.39 is 34.9 Å². The van der Waals surface area contributed by atoms with Gasteiger partial charge >= 0.3 is 6.18 Å². The molecule has 1 aromatic heterocycles. The van der Waals surface area contributed by atoms with Crippen LogP contribution in [0.3, 0.4) is 0 Å². The second-order valence-corrected chi connectivity index (χ2v) is 15.5. The highest BCUT2D eigenvalue weighted by atomic mass is 19.4. The number of aromatic amines is 1. The van der Waals surface area contributed by atoms with Crippen molar-refractivity contribution < 1.29 is 36.7 Å². The molecule has 5 rings (SSSR count). The number of carbonyl (C=O) groups is 3. The summed E-state index contributed by atoms with van der Waals surface area (Å²) in [6.45, 7) is 11.0. The Morgan fingerprint density at radius 2 is 1.70 bits per heavy atom. The van der Waals surface area contributed by atoms with Crippen LogP contribution in [0.5, 0.6) is 0 Å². The molecule has 7 nitrogen and oxygen atoms in total. The van der Waals surface area contributed by atoms with Crippen molar-refractivity contribution in [3.63, 3.8) is 0 Å². The van der Waals surface area contributed by atoms with Gasteiger partial charge in [0, 0.05) is 55.9 Å². The van der Waals surface area contributed by atoms with Gasteiger partial charge in [0.2, 0.25) is 5.91 Å². The zero-order chi connectivity index (χ0) is 38.3. The number of Topliss-reactive ketones (excluding diaryl/α,β-unsaturated/α-hetero) is 2. The monoisotopic (exact) mass is 741 g/mol. The van der Waals surface area contributed by atoms with Crippen molar-refractivity contribution in [2.75, 3.05) is 26.3 Å². The summed E-state index contributed by atoms with van der Waals surface area (Å²) in [6, 6.07) is 10.1. The molecule has 3 aromatic rings. The summed E-state index contributed by atoms with van der Waals surface area (Å²) in [5, 5.41) is 7.14. The molecule has 1 saturated heterocycles. The zero-order valence-electron chi connectivity index (χ0n) is 31.5. The molecule has 5 atom stereocenters. The van der Waals surface area contributed by atoms with Crippen molar-refractivity contribution >= 4 is 28.4 Å². The fourth-order valence-electron chi connectivity index (χ4n) is 8.12. The number of carbonyl (C=O) groups excluding carboxylic acids is 3. The van der Waals surface area contributed by atoms with Crippen LogP contribution in [-0.2, 0) is 44.6 Å². The highest BCUT2D eigenvalue weighted by Crippen LogP contribution is 2.41. The summed E-state index contributed by atoms with van der Waals surface area (Å²) in [5.74, 6) is -1.71. The summed E-state index contributed by atoms with van der Waals surface area (Å²) < 4.78 is 62.2. The van der Waals surface area contributed by atoms with E-state index in [2.05, 4.69) is 29.5 Å². The Bertz CT molecular complexity index is 1730. The minimum Gasteiger partial charge on any atom is -0.381 e. The van der Waals surface area contributed by atoms with Crippen LogP contribution >= 0.6 is 0 Å². The molecule has 290 valence electrons. The lowest BCUT2D eigenvalue weighted by Crippen LogP contribution is -2.60. The maximum absolute atomic E-state index is 14.9. The highest BCUT2D eigenvalue weighted by Gasteiger charge is 2.46.